The minimum atomic E-state index is -3.75. The lowest BCUT2D eigenvalue weighted by Crippen LogP contribution is -2.25. The molecule has 2 aromatic carbocycles. The van der Waals surface area contributed by atoms with Crippen LogP contribution in [0, 0.1) is 0 Å². The first kappa shape index (κ1) is 22.2. The van der Waals surface area contributed by atoms with E-state index in [1.54, 1.807) is 24.3 Å². The van der Waals surface area contributed by atoms with Gasteiger partial charge in [0.25, 0.3) is 0 Å². The van der Waals surface area contributed by atoms with Crippen LogP contribution in [-0.4, -0.2) is 39.1 Å². The fourth-order valence-corrected chi connectivity index (χ4v) is 3.91. The number of sulfone groups is 1. The molecule has 1 unspecified atom stereocenters. The maximum Gasteiger partial charge on any atom is 0.307 e. The molecule has 28 heavy (non-hydrogen) atoms. The molecule has 0 aliphatic carbocycles. The fourth-order valence-electron chi connectivity index (χ4n) is 2.31. The summed E-state index contributed by atoms with van der Waals surface area (Å²) in [4.78, 5) is 24.2. The van der Waals surface area contributed by atoms with Crippen LogP contribution in [0.5, 0.6) is 5.75 Å². The van der Waals surface area contributed by atoms with E-state index in [9.17, 15) is 18.0 Å². The Labute approximate surface area is 173 Å². The van der Waals surface area contributed by atoms with Crippen molar-refractivity contribution in [1.29, 1.82) is 0 Å². The van der Waals surface area contributed by atoms with E-state index in [1.165, 1.54) is 32.2 Å². The minimum absolute atomic E-state index is 0.0444. The molecule has 0 aromatic heterocycles. The monoisotopic (exact) mass is 444 g/mol. The molecule has 0 aliphatic heterocycles. The number of esters is 1. The molecule has 2 rings (SSSR count). The van der Waals surface area contributed by atoms with E-state index in [0.29, 0.717) is 11.3 Å². The van der Waals surface area contributed by atoms with E-state index in [2.05, 4.69) is 0 Å². The zero-order chi connectivity index (χ0) is 20.9. The Morgan fingerprint density at radius 3 is 2.25 bits per heavy atom. The lowest BCUT2D eigenvalue weighted by atomic mass is 10.1. The van der Waals surface area contributed by atoms with Crippen LogP contribution in [0.3, 0.4) is 0 Å². The van der Waals surface area contributed by atoms with Gasteiger partial charge >= 0.3 is 5.97 Å². The average molecular weight is 445 g/mol. The summed E-state index contributed by atoms with van der Waals surface area (Å²) in [6.45, 7) is 1.43. The quantitative estimate of drug-likeness (QED) is 0.451. The highest BCUT2D eigenvalue weighted by atomic mass is 35.5. The van der Waals surface area contributed by atoms with Gasteiger partial charge in [0, 0.05) is 5.56 Å². The third-order valence-electron chi connectivity index (χ3n) is 3.88. The van der Waals surface area contributed by atoms with Crippen LogP contribution in [0.4, 0.5) is 0 Å². The van der Waals surface area contributed by atoms with E-state index < -0.39 is 39.9 Å². The Hall–Kier alpha value is -2.09. The molecule has 0 amide bonds. The van der Waals surface area contributed by atoms with Crippen LogP contribution in [0.15, 0.2) is 47.4 Å². The molecule has 0 bridgehead atoms. The first-order chi connectivity index (χ1) is 13.1. The van der Waals surface area contributed by atoms with Crippen molar-refractivity contribution in [2.45, 2.75) is 24.3 Å². The van der Waals surface area contributed by atoms with Gasteiger partial charge in [0.05, 0.1) is 34.2 Å². The number of carbonyl (C=O) groups is 2. The number of hydrogen-bond acceptors (Lipinski definition) is 6. The van der Waals surface area contributed by atoms with Gasteiger partial charge in [-0.15, -0.1) is 0 Å². The lowest BCUT2D eigenvalue weighted by Gasteiger charge is -2.13. The topological polar surface area (TPSA) is 86.7 Å². The second-order valence-corrected chi connectivity index (χ2v) is 8.79. The van der Waals surface area contributed by atoms with Crippen LogP contribution in [0.2, 0.25) is 10.0 Å². The SMILES string of the molecule is COc1ccc(C(=O)C(C)OC(=O)CCS(=O)(=O)c2ccc(Cl)c(Cl)c2)cc1. The van der Waals surface area contributed by atoms with Gasteiger partial charge in [-0.05, 0) is 49.4 Å². The normalized spacial score (nSPS) is 12.3. The molecule has 0 radical (unpaired) electrons. The van der Waals surface area contributed by atoms with Crippen LogP contribution in [0.25, 0.3) is 0 Å². The van der Waals surface area contributed by atoms with E-state index in [4.69, 9.17) is 32.7 Å². The van der Waals surface area contributed by atoms with Gasteiger partial charge in [0.2, 0.25) is 5.78 Å². The van der Waals surface area contributed by atoms with E-state index >= 15 is 0 Å². The molecule has 0 heterocycles. The van der Waals surface area contributed by atoms with Gasteiger partial charge in [-0.1, -0.05) is 23.2 Å². The molecular formula is C19H18Cl2O6S. The van der Waals surface area contributed by atoms with Crippen molar-refractivity contribution in [3.05, 3.63) is 58.1 Å². The largest absolute Gasteiger partial charge is 0.497 e. The molecule has 6 nitrogen and oxygen atoms in total. The maximum absolute atomic E-state index is 12.3. The molecule has 9 heteroatoms. The summed E-state index contributed by atoms with van der Waals surface area (Å²) in [5.74, 6) is -1.08. The summed E-state index contributed by atoms with van der Waals surface area (Å²) in [7, 11) is -2.25. The number of hydrogen-bond donors (Lipinski definition) is 0. The Morgan fingerprint density at radius 1 is 1.04 bits per heavy atom. The smallest absolute Gasteiger partial charge is 0.307 e. The zero-order valence-electron chi connectivity index (χ0n) is 15.1. The molecule has 0 aliphatic rings. The number of Topliss-reactive ketones (excluding diaryl/α,β-unsaturated/α-hetero) is 1. The third kappa shape index (κ3) is 5.70. The second-order valence-electron chi connectivity index (χ2n) is 5.87. The van der Waals surface area contributed by atoms with Crippen molar-refractivity contribution < 1.29 is 27.5 Å². The molecule has 0 spiro atoms. The fraction of sp³-hybridized carbons (Fsp3) is 0.263. The number of carbonyl (C=O) groups excluding carboxylic acids is 2. The van der Waals surface area contributed by atoms with Gasteiger partial charge in [0.1, 0.15) is 5.75 Å². The van der Waals surface area contributed by atoms with Crippen LogP contribution in [0.1, 0.15) is 23.7 Å². The standard InChI is InChI=1S/C19H18Cl2O6S/c1-12(19(23)13-3-5-14(26-2)6-4-13)27-18(22)9-10-28(24,25)15-7-8-16(20)17(21)11-15/h3-8,11-12H,9-10H2,1-2H3. The molecule has 1 atom stereocenters. The van der Waals surface area contributed by atoms with E-state index in [-0.39, 0.29) is 14.9 Å². The van der Waals surface area contributed by atoms with Crippen molar-refractivity contribution in [2.75, 3.05) is 12.9 Å². The van der Waals surface area contributed by atoms with E-state index in [0.717, 1.165) is 0 Å². The first-order valence-corrected chi connectivity index (χ1v) is 10.6. The van der Waals surface area contributed by atoms with Crippen LogP contribution < -0.4 is 4.74 Å². The summed E-state index contributed by atoms with van der Waals surface area (Å²) >= 11 is 11.6. The predicted molar refractivity (Wildman–Crippen MR) is 106 cm³/mol. The highest BCUT2D eigenvalue weighted by molar-refractivity contribution is 7.91. The minimum Gasteiger partial charge on any atom is -0.497 e. The average Bonchev–Trinajstić information content (AvgIpc) is 2.68. The lowest BCUT2D eigenvalue weighted by molar-refractivity contribution is -0.145. The van der Waals surface area contributed by atoms with Crippen LogP contribution in [-0.2, 0) is 19.4 Å². The van der Waals surface area contributed by atoms with Crippen molar-refractivity contribution in [2.24, 2.45) is 0 Å². The highest BCUT2D eigenvalue weighted by Crippen LogP contribution is 2.25. The van der Waals surface area contributed by atoms with Gasteiger partial charge in [0.15, 0.2) is 15.9 Å². The molecule has 2 aromatic rings. The Bertz CT molecular complexity index is 970. The maximum atomic E-state index is 12.3. The summed E-state index contributed by atoms with van der Waals surface area (Å²) in [5, 5.41) is 0.329. The van der Waals surface area contributed by atoms with E-state index in [1.807, 2.05) is 0 Å². The predicted octanol–water partition coefficient (Wildman–Crippen LogP) is 3.98. The summed E-state index contributed by atoms with van der Waals surface area (Å²) < 4.78 is 34.7. The number of methoxy groups -OCH3 is 1. The Morgan fingerprint density at radius 2 is 1.68 bits per heavy atom. The highest BCUT2D eigenvalue weighted by Gasteiger charge is 2.22. The number of rotatable bonds is 8. The first-order valence-electron chi connectivity index (χ1n) is 8.19. The van der Waals surface area contributed by atoms with Crippen molar-refractivity contribution in [1.82, 2.24) is 0 Å². The zero-order valence-corrected chi connectivity index (χ0v) is 17.5. The molecule has 0 saturated heterocycles. The van der Waals surface area contributed by atoms with Crippen molar-refractivity contribution in [3.63, 3.8) is 0 Å². The van der Waals surface area contributed by atoms with Gasteiger partial charge in [-0.25, -0.2) is 8.42 Å². The molecule has 0 fully saturated rings. The third-order valence-corrected chi connectivity index (χ3v) is 6.33. The second kappa shape index (κ2) is 9.41. The summed E-state index contributed by atoms with van der Waals surface area (Å²) in [5.41, 5.74) is 0.351. The number of ketones is 1. The number of benzene rings is 2. The Kier molecular flexibility index (Phi) is 7.46. The number of ether oxygens (including phenoxy) is 2. The molecule has 0 N–H and O–H groups in total. The van der Waals surface area contributed by atoms with Crippen molar-refractivity contribution >= 4 is 44.8 Å². The molecule has 0 saturated carbocycles. The van der Waals surface area contributed by atoms with Gasteiger partial charge < -0.3 is 9.47 Å². The number of halogens is 2. The van der Waals surface area contributed by atoms with Crippen molar-refractivity contribution in [3.8, 4) is 5.75 Å². The van der Waals surface area contributed by atoms with Gasteiger partial charge in [-0.3, -0.25) is 9.59 Å². The summed E-state index contributed by atoms with van der Waals surface area (Å²) in [6.07, 6.45) is -1.45. The van der Waals surface area contributed by atoms with Gasteiger partial charge in [-0.2, -0.15) is 0 Å². The molecular weight excluding hydrogens is 427 g/mol. The summed E-state index contributed by atoms with van der Waals surface area (Å²) in [6, 6.07) is 10.2. The van der Waals surface area contributed by atoms with Crippen LogP contribution >= 0.6 is 23.2 Å². The molecule has 150 valence electrons. The Balaban J connectivity index is 1.95.